The second-order valence-electron chi connectivity index (χ2n) is 7.39. The van der Waals surface area contributed by atoms with Gasteiger partial charge in [0.2, 0.25) is 0 Å². The zero-order valence-electron chi connectivity index (χ0n) is 17.4. The van der Waals surface area contributed by atoms with Gasteiger partial charge in [0.25, 0.3) is 5.91 Å². The highest BCUT2D eigenvalue weighted by molar-refractivity contribution is 8.26. The Kier molecular flexibility index (Phi) is 5.91. The topological polar surface area (TPSA) is 51.0 Å². The van der Waals surface area contributed by atoms with Crippen LogP contribution in [0.2, 0.25) is 0 Å². The molecule has 1 fully saturated rings. The van der Waals surface area contributed by atoms with Crippen molar-refractivity contribution in [3.05, 3.63) is 71.3 Å². The molecule has 8 heteroatoms. The van der Waals surface area contributed by atoms with E-state index in [0.29, 0.717) is 15.8 Å². The molecule has 0 aliphatic carbocycles. The maximum absolute atomic E-state index is 13.0. The van der Waals surface area contributed by atoms with Gasteiger partial charge in [-0.1, -0.05) is 67.7 Å². The van der Waals surface area contributed by atoms with E-state index in [1.807, 2.05) is 65.5 Å². The molecule has 5 nitrogen and oxygen atoms in total. The summed E-state index contributed by atoms with van der Waals surface area (Å²) in [4.78, 5) is 20.1. The molecule has 0 saturated carbocycles. The van der Waals surface area contributed by atoms with Crippen molar-refractivity contribution in [2.45, 2.75) is 19.8 Å². The van der Waals surface area contributed by atoms with Gasteiger partial charge in [0.15, 0.2) is 0 Å². The van der Waals surface area contributed by atoms with Gasteiger partial charge in [-0.3, -0.25) is 9.69 Å². The Labute approximate surface area is 199 Å². The van der Waals surface area contributed by atoms with E-state index in [9.17, 15) is 4.79 Å². The number of hydrogen-bond donors (Lipinski definition) is 0. The van der Waals surface area contributed by atoms with E-state index in [2.05, 4.69) is 13.0 Å². The first kappa shape index (κ1) is 21.1. The molecule has 32 heavy (non-hydrogen) atoms. The van der Waals surface area contributed by atoms with E-state index in [4.69, 9.17) is 22.3 Å². The Morgan fingerprint density at radius 3 is 2.66 bits per heavy atom. The lowest BCUT2D eigenvalue weighted by Gasteiger charge is -2.12. The van der Waals surface area contributed by atoms with Gasteiger partial charge in [-0.2, -0.15) is 5.10 Å². The average Bonchev–Trinajstić information content (AvgIpc) is 3.49. The van der Waals surface area contributed by atoms with Gasteiger partial charge in [-0.25, -0.2) is 9.67 Å². The molecule has 3 heterocycles. The second-order valence-corrected chi connectivity index (χ2v) is 10.1. The molecule has 0 unspecified atom stereocenters. The van der Waals surface area contributed by atoms with Gasteiger partial charge in [0, 0.05) is 18.3 Å². The number of amides is 1. The van der Waals surface area contributed by atoms with Crippen molar-refractivity contribution in [2.24, 2.45) is 0 Å². The molecular weight excluding hydrogens is 456 g/mol. The van der Waals surface area contributed by atoms with Crippen LogP contribution in [0.1, 0.15) is 25.3 Å². The predicted molar refractivity (Wildman–Crippen MR) is 137 cm³/mol. The van der Waals surface area contributed by atoms with E-state index in [0.717, 1.165) is 45.0 Å². The van der Waals surface area contributed by atoms with Crippen LogP contribution >= 0.6 is 35.3 Å². The highest BCUT2D eigenvalue weighted by Crippen LogP contribution is 2.37. The Morgan fingerprint density at radius 1 is 1.09 bits per heavy atom. The largest absolute Gasteiger partial charge is 0.293 e. The summed E-state index contributed by atoms with van der Waals surface area (Å²) in [6.45, 7) is 2.77. The molecule has 5 rings (SSSR count). The highest BCUT2D eigenvalue weighted by atomic mass is 32.2. The van der Waals surface area contributed by atoms with Crippen LogP contribution in [-0.2, 0) is 4.79 Å². The molecule has 1 amide bonds. The van der Waals surface area contributed by atoms with Crippen molar-refractivity contribution in [2.75, 3.05) is 6.54 Å². The van der Waals surface area contributed by atoms with Crippen LogP contribution in [0.15, 0.2) is 65.7 Å². The van der Waals surface area contributed by atoms with Crippen LogP contribution in [0.3, 0.4) is 0 Å². The molecule has 2 aromatic heterocycles. The maximum Gasteiger partial charge on any atom is 0.266 e. The van der Waals surface area contributed by atoms with Gasteiger partial charge in [0.1, 0.15) is 15.0 Å². The summed E-state index contributed by atoms with van der Waals surface area (Å²) < 4.78 is 3.56. The Morgan fingerprint density at radius 2 is 1.88 bits per heavy atom. The summed E-state index contributed by atoms with van der Waals surface area (Å²) in [6.07, 6.45) is 5.80. The fraction of sp³-hybridized carbons (Fsp3) is 0.167. The molecule has 0 radical (unpaired) electrons. The van der Waals surface area contributed by atoms with E-state index in [1.165, 1.54) is 11.8 Å². The van der Waals surface area contributed by atoms with Crippen LogP contribution in [-0.4, -0.2) is 36.4 Å². The lowest BCUT2D eigenvalue weighted by molar-refractivity contribution is -0.122. The number of fused-ring (bicyclic) bond motifs is 1. The minimum Gasteiger partial charge on any atom is -0.293 e. The fourth-order valence-electron chi connectivity index (χ4n) is 3.50. The quantitative estimate of drug-likeness (QED) is 0.247. The van der Waals surface area contributed by atoms with Crippen molar-refractivity contribution in [1.29, 1.82) is 0 Å². The van der Waals surface area contributed by atoms with Crippen LogP contribution in [0.25, 0.3) is 32.7 Å². The molecule has 0 bridgehead atoms. The van der Waals surface area contributed by atoms with Gasteiger partial charge in [-0.05, 0) is 36.8 Å². The van der Waals surface area contributed by atoms with Gasteiger partial charge < -0.3 is 0 Å². The van der Waals surface area contributed by atoms with Crippen molar-refractivity contribution in [3.8, 4) is 16.4 Å². The highest BCUT2D eigenvalue weighted by Gasteiger charge is 2.32. The first-order chi connectivity index (χ1) is 15.6. The summed E-state index contributed by atoms with van der Waals surface area (Å²) in [5, 5.41) is 5.68. The minimum atomic E-state index is -0.0313. The Bertz CT molecular complexity index is 1310. The molecule has 1 saturated heterocycles. The number of unbranched alkanes of at least 4 members (excludes halogenated alkanes) is 1. The van der Waals surface area contributed by atoms with Crippen molar-refractivity contribution in [3.63, 3.8) is 0 Å². The number of rotatable bonds is 6. The van der Waals surface area contributed by atoms with Crippen LogP contribution in [0.5, 0.6) is 0 Å². The van der Waals surface area contributed by atoms with E-state index in [1.54, 1.807) is 16.2 Å². The van der Waals surface area contributed by atoms with Gasteiger partial charge in [-0.15, -0.1) is 11.3 Å². The van der Waals surface area contributed by atoms with E-state index < -0.39 is 0 Å². The fourth-order valence-corrected chi connectivity index (χ4v) is 5.77. The lowest BCUT2D eigenvalue weighted by atomic mass is 10.2. The number of thioether (sulfide) groups is 1. The van der Waals surface area contributed by atoms with Gasteiger partial charge in [0.05, 0.1) is 20.8 Å². The normalized spacial score (nSPS) is 15.4. The van der Waals surface area contributed by atoms with E-state index >= 15 is 0 Å². The Hall–Kier alpha value is -2.81. The van der Waals surface area contributed by atoms with Crippen LogP contribution < -0.4 is 0 Å². The molecule has 0 atom stereocenters. The average molecular weight is 477 g/mol. The summed E-state index contributed by atoms with van der Waals surface area (Å²) in [5.74, 6) is -0.0313. The number of carbonyl (C=O) groups excluding carboxylic acids is 1. The summed E-state index contributed by atoms with van der Waals surface area (Å²) in [7, 11) is 0. The molecule has 1 aliphatic rings. The smallest absolute Gasteiger partial charge is 0.266 e. The zero-order chi connectivity index (χ0) is 22.1. The van der Waals surface area contributed by atoms with Crippen molar-refractivity contribution >= 4 is 61.8 Å². The third-order valence-electron chi connectivity index (χ3n) is 5.16. The van der Waals surface area contributed by atoms with E-state index in [-0.39, 0.29) is 5.91 Å². The number of thiazole rings is 1. The first-order valence-electron chi connectivity index (χ1n) is 10.4. The van der Waals surface area contributed by atoms with Crippen molar-refractivity contribution < 1.29 is 4.79 Å². The Balaban J connectivity index is 1.59. The van der Waals surface area contributed by atoms with Crippen LogP contribution in [0, 0.1) is 0 Å². The predicted octanol–water partition coefficient (Wildman–Crippen LogP) is 6.15. The number of hydrogen-bond acceptors (Lipinski definition) is 6. The number of para-hydroxylation sites is 2. The maximum atomic E-state index is 13.0. The number of nitrogens with zero attached hydrogens (tertiary/aromatic N) is 4. The SMILES string of the molecule is CCCCN1C(=O)C(=Cc2cn(-c3ccccc3)nc2-c2nc3ccccc3s2)SC1=S. The molecule has 0 N–H and O–H groups in total. The number of carbonyl (C=O) groups is 1. The first-order valence-corrected chi connectivity index (χ1v) is 12.4. The lowest BCUT2D eigenvalue weighted by Crippen LogP contribution is -2.28. The standard InChI is InChI=1S/C24H20N4OS3/c1-2-3-13-27-23(29)20(32-24(27)30)14-16-15-28(17-9-5-4-6-10-17)26-21(16)22-25-18-11-7-8-12-19(18)31-22/h4-12,14-15H,2-3,13H2,1H3. The minimum absolute atomic E-state index is 0.0313. The molecule has 4 aromatic rings. The number of thiocarbonyl (C=S) groups is 1. The van der Waals surface area contributed by atoms with Crippen LogP contribution in [0.4, 0.5) is 0 Å². The molecule has 2 aromatic carbocycles. The number of aromatic nitrogens is 3. The monoisotopic (exact) mass is 476 g/mol. The second kappa shape index (κ2) is 8.97. The zero-order valence-corrected chi connectivity index (χ0v) is 19.8. The third-order valence-corrected chi connectivity index (χ3v) is 7.58. The molecule has 1 aliphatic heterocycles. The summed E-state index contributed by atoms with van der Waals surface area (Å²) >= 11 is 8.43. The third kappa shape index (κ3) is 4.01. The van der Waals surface area contributed by atoms with Crippen molar-refractivity contribution in [1.82, 2.24) is 19.7 Å². The molecule has 0 spiro atoms. The number of benzene rings is 2. The summed E-state index contributed by atoms with van der Waals surface area (Å²) in [6, 6.07) is 18.0. The van der Waals surface area contributed by atoms with Gasteiger partial charge >= 0.3 is 0 Å². The molecular formula is C24H20N4OS3. The molecule has 160 valence electrons. The summed E-state index contributed by atoms with van der Waals surface area (Å²) in [5.41, 5.74) is 3.50.